The van der Waals surface area contributed by atoms with Crippen LogP contribution in [0.5, 0.6) is 5.75 Å². The first kappa shape index (κ1) is 20.1. The molecule has 2 heterocycles. The summed E-state index contributed by atoms with van der Waals surface area (Å²) in [5.41, 5.74) is 2.53. The van der Waals surface area contributed by atoms with Crippen LogP contribution >= 0.6 is 12.4 Å². The number of carbonyl (C=O) groups excluding carboxylic acids is 1. The van der Waals surface area contributed by atoms with Crippen molar-refractivity contribution in [1.82, 2.24) is 14.9 Å². The van der Waals surface area contributed by atoms with Gasteiger partial charge in [-0.15, -0.1) is 12.4 Å². The molecule has 0 saturated carbocycles. The molecule has 1 fully saturated rings. The fraction of sp³-hybridized carbons (Fsp3) is 0.300. The van der Waals surface area contributed by atoms with E-state index in [0.717, 1.165) is 23.3 Å². The average Bonchev–Trinajstić information content (AvgIpc) is 3.06. The molecule has 1 unspecified atom stereocenters. The molecule has 4 rings (SSSR count). The number of fused-ring (bicyclic) bond motifs is 1. The average molecular weight is 403 g/mol. The standard InChI is InChI=1S/C20H22N4O3.ClH/c1-26-18-9-5-4-8-17(18)24-16-7-3-2-6-15(16)22-20(24)23-19(25)12-14-13-27-11-10-21-14;/h2-9,14,21H,10-13H2,1H3,(H,22,23,25);1H. The van der Waals surface area contributed by atoms with Gasteiger partial charge in [0.1, 0.15) is 5.75 Å². The highest BCUT2D eigenvalue weighted by atomic mass is 35.5. The number of nitrogens with zero attached hydrogens (tertiary/aromatic N) is 2. The molecule has 148 valence electrons. The van der Waals surface area contributed by atoms with E-state index in [2.05, 4.69) is 15.6 Å². The van der Waals surface area contributed by atoms with Gasteiger partial charge in [0.25, 0.3) is 0 Å². The van der Waals surface area contributed by atoms with E-state index < -0.39 is 0 Å². The van der Waals surface area contributed by atoms with Crippen LogP contribution in [0.4, 0.5) is 5.95 Å². The lowest BCUT2D eigenvalue weighted by atomic mass is 10.2. The van der Waals surface area contributed by atoms with Crippen LogP contribution in [0.1, 0.15) is 6.42 Å². The summed E-state index contributed by atoms with van der Waals surface area (Å²) < 4.78 is 12.8. The number of hydrogen-bond acceptors (Lipinski definition) is 5. The van der Waals surface area contributed by atoms with Crippen LogP contribution in [0, 0.1) is 0 Å². The number of hydrogen-bond donors (Lipinski definition) is 2. The van der Waals surface area contributed by atoms with Crippen LogP contribution < -0.4 is 15.4 Å². The maximum absolute atomic E-state index is 12.6. The van der Waals surface area contributed by atoms with Gasteiger partial charge in [0, 0.05) is 19.0 Å². The Hall–Kier alpha value is -2.61. The monoisotopic (exact) mass is 402 g/mol. The number of amides is 1. The quantitative estimate of drug-likeness (QED) is 0.686. The van der Waals surface area contributed by atoms with Crippen molar-refractivity contribution in [3.8, 4) is 11.4 Å². The maximum atomic E-state index is 12.6. The predicted octanol–water partition coefficient (Wildman–Crippen LogP) is 2.77. The highest BCUT2D eigenvalue weighted by molar-refractivity contribution is 5.93. The lowest BCUT2D eigenvalue weighted by molar-refractivity contribution is -0.117. The van der Waals surface area contributed by atoms with Gasteiger partial charge in [0.15, 0.2) is 0 Å². The zero-order valence-corrected chi connectivity index (χ0v) is 16.4. The van der Waals surface area contributed by atoms with Gasteiger partial charge < -0.3 is 14.8 Å². The number of methoxy groups -OCH3 is 1. The van der Waals surface area contributed by atoms with E-state index in [4.69, 9.17) is 9.47 Å². The van der Waals surface area contributed by atoms with Gasteiger partial charge in [0.2, 0.25) is 11.9 Å². The van der Waals surface area contributed by atoms with Crippen molar-refractivity contribution < 1.29 is 14.3 Å². The smallest absolute Gasteiger partial charge is 0.228 e. The van der Waals surface area contributed by atoms with E-state index in [1.807, 2.05) is 53.1 Å². The summed E-state index contributed by atoms with van der Waals surface area (Å²) in [5.74, 6) is 1.07. The summed E-state index contributed by atoms with van der Waals surface area (Å²) >= 11 is 0. The lowest BCUT2D eigenvalue weighted by Gasteiger charge is -2.23. The molecule has 1 aliphatic rings. The van der Waals surface area contributed by atoms with Crippen molar-refractivity contribution in [1.29, 1.82) is 0 Å². The molecule has 0 radical (unpaired) electrons. The molecule has 1 aliphatic heterocycles. The molecule has 1 atom stereocenters. The van der Waals surface area contributed by atoms with Gasteiger partial charge in [0.05, 0.1) is 37.0 Å². The molecule has 8 heteroatoms. The van der Waals surface area contributed by atoms with Gasteiger partial charge in [-0.05, 0) is 24.3 Å². The first-order chi connectivity index (χ1) is 13.3. The summed E-state index contributed by atoms with van der Waals surface area (Å²) in [5, 5.41) is 6.25. The molecule has 2 aromatic carbocycles. The van der Waals surface area contributed by atoms with Gasteiger partial charge in [-0.2, -0.15) is 0 Å². The first-order valence-electron chi connectivity index (χ1n) is 8.98. The Kier molecular flexibility index (Phi) is 6.51. The minimum atomic E-state index is -0.107. The maximum Gasteiger partial charge on any atom is 0.228 e. The summed E-state index contributed by atoms with van der Waals surface area (Å²) in [7, 11) is 1.63. The molecule has 0 spiro atoms. The lowest BCUT2D eigenvalue weighted by Crippen LogP contribution is -2.43. The van der Waals surface area contributed by atoms with Crippen LogP contribution in [0.25, 0.3) is 16.7 Å². The number of nitrogens with one attached hydrogen (secondary N) is 2. The van der Waals surface area contributed by atoms with E-state index in [-0.39, 0.29) is 24.4 Å². The van der Waals surface area contributed by atoms with Gasteiger partial charge in [-0.25, -0.2) is 4.98 Å². The Balaban J connectivity index is 0.00000225. The molecule has 0 aliphatic carbocycles. The fourth-order valence-corrected chi connectivity index (χ4v) is 3.32. The molecule has 1 amide bonds. The van der Waals surface area contributed by atoms with Gasteiger partial charge in [-0.3, -0.25) is 14.7 Å². The van der Waals surface area contributed by atoms with Crippen molar-refractivity contribution in [3.63, 3.8) is 0 Å². The highest BCUT2D eigenvalue weighted by Gasteiger charge is 2.20. The van der Waals surface area contributed by atoms with E-state index in [1.54, 1.807) is 7.11 Å². The third-order valence-electron chi connectivity index (χ3n) is 4.57. The van der Waals surface area contributed by atoms with Crippen LogP contribution in [-0.2, 0) is 9.53 Å². The summed E-state index contributed by atoms with van der Waals surface area (Å²) in [6.07, 6.45) is 0.329. The first-order valence-corrected chi connectivity index (χ1v) is 8.98. The van der Waals surface area contributed by atoms with Crippen molar-refractivity contribution in [2.45, 2.75) is 12.5 Å². The van der Waals surface area contributed by atoms with E-state index in [0.29, 0.717) is 31.3 Å². The minimum Gasteiger partial charge on any atom is -0.495 e. The largest absolute Gasteiger partial charge is 0.495 e. The van der Waals surface area contributed by atoms with Crippen LogP contribution in [0.3, 0.4) is 0 Å². The summed E-state index contributed by atoms with van der Waals surface area (Å²) in [6, 6.07) is 15.5. The number of imidazole rings is 1. The molecular formula is C20H23ClN4O3. The number of aromatic nitrogens is 2. The Morgan fingerprint density at radius 1 is 1.29 bits per heavy atom. The van der Waals surface area contributed by atoms with Crippen LogP contribution in [0.15, 0.2) is 48.5 Å². The van der Waals surface area contributed by atoms with Gasteiger partial charge >= 0.3 is 0 Å². The van der Waals surface area contributed by atoms with Crippen molar-refractivity contribution in [2.75, 3.05) is 32.2 Å². The molecule has 2 N–H and O–H groups in total. The second-order valence-electron chi connectivity index (χ2n) is 6.41. The molecule has 1 saturated heterocycles. The Labute approximate surface area is 169 Å². The normalized spacial score (nSPS) is 16.4. The number of rotatable bonds is 5. The third kappa shape index (κ3) is 4.11. The second kappa shape index (κ2) is 9.05. The van der Waals surface area contributed by atoms with E-state index >= 15 is 0 Å². The summed E-state index contributed by atoms with van der Waals surface area (Å²) in [6.45, 7) is 1.98. The number of halogens is 1. The summed E-state index contributed by atoms with van der Waals surface area (Å²) in [4.78, 5) is 17.2. The number of benzene rings is 2. The predicted molar refractivity (Wildman–Crippen MR) is 111 cm³/mol. The Morgan fingerprint density at radius 3 is 2.86 bits per heavy atom. The van der Waals surface area contributed by atoms with Crippen LogP contribution in [0.2, 0.25) is 0 Å². The Bertz CT molecular complexity index is 954. The highest BCUT2D eigenvalue weighted by Crippen LogP contribution is 2.30. The molecule has 3 aromatic rings. The number of carbonyl (C=O) groups is 1. The van der Waals surface area contributed by atoms with E-state index in [1.165, 1.54) is 0 Å². The molecule has 28 heavy (non-hydrogen) atoms. The van der Waals surface area contributed by atoms with Crippen LogP contribution in [-0.4, -0.2) is 48.4 Å². The fourth-order valence-electron chi connectivity index (χ4n) is 3.32. The van der Waals surface area contributed by atoms with Gasteiger partial charge in [-0.1, -0.05) is 24.3 Å². The number of anilines is 1. The number of morpholine rings is 1. The molecule has 0 bridgehead atoms. The Morgan fingerprint density at radius 2 is 2.07 bits per heavy atom. The van der Waals surface area contributed by atoms with Crippen molar-refractivity contribution in [3.05, 3.63) is 48.5 Å². The van der Waals surface area contributed by atoms with Crippen molar-refractivity contribution in [2.24, 2.45) is 0 Å². The van der Waals surface area contributed by atoms with Crippen molar-refractivity contribution >= 4 is 35.3 Å². The zero-order valence-electron chi connectivity index (χ0n) is 15.6. The number of ether oxygens (including phenoxy) is 2. The zero-order chi connectivity index (χ0) is 18.6. The van der Waals surface area contributed by atoms with E-state index in [9.17, 15) is 4.79 Å². The topological polar surface area (TPSA) is 77.4 Å². The molecule has 1 aromatic heterocycles. The number of para-hydroxylation sites is 4. The molecular weight excluding hydrogens is 380 g/mol. The molecule has 7 nitrogen and oxygen atoms in total. The minimum absolute atomic E-state index is 0. The third-order valence-corrected chi connectivity index (χ3v) is 4.57. The second-order valence-corrected chi connectivity index (χ2v) is 6.41. The SMILES string of the molecule is COc1ccccc1-n1c(NC(=O)CC2COCCN2)nc2ccccc21.Cl.